The van der Waals surface area contributed by atoms with Gasteiger partial charge in [0.1, 0.15) is 12.4 Å². The monoisotopic (exact) mass is 350 g/mol. The molecule has 26 heavy (non-hydrogen) atoms. The number of halogens is 1. The van der Waals surface area contributed by atoms with Crippen molar-refractivity contribution in [3.05, 3.63) is 66.6 Å². The van der Waals surface area contributed by atoms with E-state index in [1.54, 1.807) is 53.1 Å². The van der Waals surface area contributed by atoms with Crippen LogP contribution in [0, 0.1) is 12.7 Å². The van der Waals surface area contributed by atoms with E-state index in [0.29, 0.717) is 11.2 Å². The molecule has 0 atom stereocenters. The lowest BCUT2D eigenvalue weighted by Gasteiger charge is -2.06. The smallest absolute Gasteiger partial charge is 0.249 e. The number of hydrogen-bond donors (Lipinski definition) is 1. The highest BCUT2D eigenvalue weighted by molar-refractivity contribution is 5.89. The van der Waals surface area contributed by atoms with E-state index in [4.69, 9.17) is 0 Å². The van der Waals surface area contributed by atoms with Crippen LogP contribution in [-0.2, 0) is 11.3 Å². The number of anilines is 1. The fourth-order valence-electron chi connectivity index (χ4n) is 2.73. The Morgan fingerprint density at radius 2 is 2.15 bits per heavy atom. The Kier molecular flexibility index (Phi) is 3.92. The van der Waals surface area contributed by atoms with E-state index >= 15 is 0 Å². The summed E-state index contributed by atoms with van der Waals surface area (Å²) in [5.74, 6) is -0.294. The predicted molar refractivity (Wildman–Crippen MR) is 94.0 cm³/mol. The number of nitrogens with zero attached hydrogens (tertiary/aromatic N) is 5. The summed E-state index contributed by atoms with van der Waals surface area (Å²) < 4.78 is 17.0. The second-order valence-corrected chi connectivity index (χ2v) is 5.85. The molecule has 3 heterocycles. The first-order chi connectivity index (χ1) is 12.6. The van der Waals surface area contributed by atoms with Gasteiger partial charge < -0.3 is 4.57 Å². The molecule has 0 unspecified atom stereocenters. The van der Waals surface area contributed by atoms with Crippen LogP contribution in [0.5, 0.6) is 0 Å². The number of benzene rings is 1. The van der Waals surface area contributed by atoms with Gasteiger partial charge in [0.2, 0.25) is 11.9 Å². The van der Waals surface area contributed by atoms with Gasteiger partial charge in [-0.25, -0.2) is 13.9 Å². The molecule has 0 aliphatic carbocycles. The van der Waals surface area contributed by atoms with E-state index in [1.807, 2.05) is 12.1 Å². The summed E-state index contributed by atoms with van der Waals surface area (Å²) in [5.41, 5.74) is 2.75. The number of amides is 1. The standard InChI is InChI=1S/C18H15FN6O/c1-12-14(3-2-4-15(12)19)13-5-6-16-21-18(23-25(16)9-13)22-17(26)10-24-8-7-20-11-24/h2-9,11H,10H2,1H3,(H,22,23,26). The van der Waals surface area contributed by atoms with Gasteiger partial charge in [-0.2, -0.15) is 4.98 Å². The first-order valence-electron chi connectivity index (χ1n) is 7.98. The van der Waals surface area contributed by atoms with Gasteiger partial charge >= 0.3 is 0 Å². The lowest BCUT2D eigenvalue weighted by Crippen LogP contribution is -2.18. The van der Waals surface area contributed by atoms with Crippen LogP contribution in [0.25, 0.3) is 16.8 Å². The fraction of sp³-hybridized carbons (Fsp3) is 0.111. The van der Waals surface area contributed by atoms with Crippen molar-refractivity contribution < 1.29 is 9.18 Å². The van der Waals surface area contributed by atoms with Gasteiger partial charge in [0.15, 0.2) is 5.65 Å². The highest BCUT2D eigenvalue weighted by Gasteiger charge is 2.11. The number of aromatic nitrogens is 5. The maximum atomic E-state index is 13.8. The first kappa shape index (κ1) is 15.9. The Morgan fingerprint density at radius 1 is 1.27 bits per heavy atom. The van der Waals surface area contributed by atoms with Gasteiger partial charge in [-0.15, -0.1) is 5.10 Å². The summed E-state index contributed by atoms with van der Waals surface area (Å²) in [4.78, 5) is 20.2. The third kappa shape index (κ3) is 3.04. The van der Waals surface area contributed by atoms with E-state index in [0.717, 1.165) is 11.1 Å². The van der Waals surface area contributed by atoms with Crippen molar-refractivity contribution in [2.75, 3.05) is 5.32 Å². The minimum atomic E-state index is -0.256. The van der Waals surface area contributed by atoms with Crippen molar-refractivity contribution in [3.63, 3.8) is 0 Å². The molecule has 0 spiro atoms. The molecule has 0 radical (unpaired) electrons. The summed E-state index contributed by atoms with van der Waals surface area (Å²) in [7, 11) is 0. The van der Waals surface area contributed by atoms with E-state index in [2.05, 4.69) is 20.4 Å². The van der Waals surface area contributed by atoms with Gasteiger partial charge in [-0.1, -0.05) is 12.1 Å². The van der Waals surface area contributed by atoms with E-state index in [-0.39, 0.29) is 24.2 Å². The van der Waals surface area contributed by atoms with Crippen LogP contribution in [0.2, 0.25) is 0 Å². The summed E-state index contributed by atoms with van der Waals surface area (Å²) >= 11 is 0. The number of fused-ring (bicyclic) bond motifs is 1. The third-order valence-electron chi connectivity index (χ3n) is 4.05. The van der Waals surface area contributed by atoms with Crippen molar-refractivity contribution >= 4 is 17.5 Å². The van der Waals surface area contributed by atoms with Crippen LogP contribution in [0.4, 0.5) is 10.3 Å². The average Bonchev–Trinajstić information content (AvgIpc) is 3.25. The first-order valence-corrected chi connectivity index (χ1v) is 7.98. The molecule has 0 fully saturated rings. The van der Waals surface area contributed by atoms with E-state index < -0.39 is 0 Å². The van der Waals surface area contributed by atoms with Crippen LogP contribution in [0.3, 0.4) is 0 Å². The highest BCUT2D eigenvalue weighted by Crippen LogP contribution is 2.25. The van der Waals surface area contributed by atoms with Crippen molar-refractivity contribution in [3.8, 4) is 11.1 Å². The second-order valence-electron chi connectivity index (χ2n) is 5.85. The summed E-state index contributed by atoms with van der Waals surface area (Å²) in [6.45, 7) is 1.86. The number of hydrogen-bond acceptors (Lipinski definition) is 4. The molecule has 7 nitrogen and oxygen atoms in total. The Balaban J connectivity index is 1.59. The Hall–Kier alpha value is -3.55. The Labute approximate surface area is 148 Å². The molecular formula is C18H15FN6O. The van der Waals surface area contributed by atoms with Gasteiger partial charge in [-0.05, 0) is 36.2 Å². The number of pyridine rings is 1. The zero-order valence-corrected chi connectivity index (χ0v) is 13.9. The van der Waals surface area contributed by atoms with Crippen molar-refractivity contribution in [1.29, 1.82) is 0 Å². The number of rotatable bonds is 4. The summed E-state index contributed by atoms with van der Waals surface area (Å²) in [6.07, 6.45) is 6.62. The third-order valence-corrected chi connectivity index (χ3v) is 4.05. The molecule has 130 valence electrons. The largest absolute Gasteiger partial charge is 0.328 e. The maximum Gasteiger partial charge on any atom is 0.249 e. The summed E-state index contributed by atoms with van der Waals surface area (Å²) in [6, 6.07) is 8.58. The molecule has 0 saturated carbocycles. The molecule has 1 amide bonds. The minimum Gasteiger partial charge on any atom is -0.328 e. The van der Waals surface area contributed by atoms with Gasteiger partial charge in [0.05, 0.1) is 6.33 Å². The number of carbonyl (C=O) groups excluding carboxylic acids is 1. The molecule has 4 rings (SSSR count). The van der Waals surface area contributed by atoms with Crippen molar-refractivity contribution in [2.45, 2.75) is 13.5 Å². The van der Waals surface area contributed by atoms with E-state index in [9.17, 15) is 9.18 Å². The number of nitrogens with one attached hydrogen (secondary N) is 1. The molecule has 3 aromatic heterocycles. The SMILES string of the molecule is Cc1c(F)cccc1-c1ccc2nc(NC(=O)Cn3ccnc3)nn2c1. The van der Waals surface area contributed by atoms with Gasteiger partial charge in [-0.3, -0.25) is 10.1 Å². The van der Waals surface area contributed by atoms with Gasteiger partial charge in [0.25, 0.3) is 0 Å². The molecule has 0 saturated heterocycles. The number of carbonyl (C=O) groups is 1. The van der Waals surface area contributed by atoms with Crippen LogP contribution >= 0.6 is 0 Å². The quantitative estimate of drug-likeness (QED) is 0.614. The van der Waals surface area contributed by atoms with Gasteiger partial charge in [0, 0.05) is 24.2 Å². The van der Waals surface area contributed by atoms with E-state index in [1.165, 1.54) is 6.07 Å². The molecule has 8 heteroatoms. The molecule has 1 aromatic carbocycles. The minimum absolute atomic E-state index is 0.128. The van der Waals surface area contributed by atoms with Crippen LogP contribution in [0.15, 0.2) is 55.2 Å². The molecule has 0 bridgehead atoms. The van der Waals surface area contributed by atoms with Crippen molar-refractivity contribution in [1.82, 2.24) is 24.1 Å². The Morgan fingerprint density at radius 3 is 2.96 bits per heavy atom. The maximum absolute atomic E-state index is 13.8. The van der Waals surface area contributed by atoms with Crippen LogP contribution < -0.4 is 5.32 Å². The van der Waals surface area contributed by atoms with Crippen LogP contribution in [0.1, 0.15) is 5.56 Å². The molecule has 0 aliphatic rings. The normalized spacial score (nSPS) is 11.0. The topological polar surface area (TPSA) is 77.1 Å². The Bertz CT molecular complexity index is 1090. The molecule has 4 aromatic rings. The number of imidazole rings is 1. The fourth-order valence-corrected chi connectivity index (χ4v) is 2.73. The molecule has 1 N–H and O–H groups in total. The lowest BCUT2D eigenvalue weighted by molar-refractivity contribution is -0.116. The molecular weight excluding hydrogens is 335 g/mol. The summed E-state index contributed by atoms with van der Waals surface area (Å²) in [5, 5.41) is 6.93. The van der Waals surface area contributed by atoms with Crippen LogP contribution in [-0.4, -0.2) is 30.1 Å². The average molecular weight is 350 g/mol. The zero-order chi connectivity index (χ0) is 18.1. The zero-order valence-electron chi connectivity index (χ0n) is 13.9. The molecule has 0 aliphatic heterocycles. The highest BCUT2D eigenvalue weighted by atomic mass is 19.1. The predicted octanol–water partition coefficient (Wildman–Crippen LogP) is 2.68. The lowest BCUT2D eigenvalue weighted by atomic mass is 10.0. The van der Waals surface area contributed by atoms with Crippen molar-refractivity contribution in [2.24, 2.45) is 0 Å². The second kappa shape index (κ2) is 6.40.